The van der Waals surface area contributed by atoms with E-state index in [9.17, 15) is 4.79 Å². The molecule has 3 rings (SSSR count). The summed E-state index contributed by atoms with van der Waals surface area (Å²) in [6.07, 6.45) is 0. The Morgan fingerprint density at radius 1 is 1.00 bits per heavy atom. The Labute approximate surface area is 161 Å². The number of carbonyl (C=O) groups excluding carboxylic acids is 1. The van der Waals surface area contributed by atoms with Gasteiger partial charge < -0.3 is 14.4 Å². The van der Waals surface area contributed by atoms with E-state index in [-0.39, 0.29) is 11.9 Å². The highest BCUT2D eigenvalue weighted by molar-refractivity contribution is 5.83. The maximum atomic E-state index is 13.5. The van der Waals surface area contributed by atoms with Gasteiger partial charge in [0.05, 0.1) is 0 Å². The van der Waals surface area contributed by atoms with Crippen molar-refractivity contribution in [1.82, 2.24) is 9.80 Å². The minimum absolute atomic E-state index is 0.0994. The van der Waals surface area contributed by atoms with Crippen molar-refractivity contribution in [3.05, 3.63) is 59.7 Å². The first kappa shape index (κ1) is 19.2. The first-order valence-electron chi connectivity index (χ1n) is 9.57. The smallest absolute Gasteiger partial charge is 0.244 e. The van der Waals surface area contributed by atoms with Crippen LogP contribution in [0.3, 0.4) is 0 Å². The van der Waals surface area contributed by atoms with Crippen LogP contribution >= 0.6 is 0 Å². The summed E-state index contributed by atoms with van der Waals surface area (Å²) in [5.41, 5.74) is 1.99. The van der Waals surface area contributed by atoms with E-state index in [2.05, 4.69) is 11.8 Å². The predicted octanol–water partition coefficient (Wildman–Crippen LogP) is 3.50. The number of benzene rings is 2. The monoisotopic (exact) mass is 368 g/mol. The molecule has 0 radical (unpaired) electrons. The van der Waals surface area contributed by atoms with E-state index in [0.717, 1.165) is 29.2 Å². The molecule has 0 saturated heterocycles. The molecule has 27 heavy (non-hydrogen) atoms. The molecule has 1 aliphatic heterocycles. The van der Waals surface area contributed by atoms with E-state index < -0.39 is 0 Å². The Kier molecular flexibility index (Phi) is 6.35. The van der Waals surface area contributed by atoms with Crippen LogP contribution in [0, 0.1) is 0 Å². The minimum Gasteiger partial charge on any atom is -0.486 e. The molecule has 5 nitrogen and oxygen atoms in total. The van der Waals surface area contributed by atoms with E-state index in [1.807, 2.05) is 67.4 Å². The summed E-state index contributed by atoms with van der Waals surface area (Å²) in [5, 5.41) is 0. The van der Waals surface area contributed by atoms with Crippen LogP contribution in [0.1, 0.15) is 31.0 Å². The van der Waals surface area contributed by atoms with Crippen molar-refractivity contribution in [2.24, 2.45) is 0 Å². The molecule has 0 N–H and O–H groups in total. The maximum Gasteiger partial charge on any atom is 0.244 e. The zero-order chi connectivity index (χ0) is 19.2. The molecule has 1 heterocycles. The highest BCUT2D eigenvalue weighted by Gasteiger charge is 2.29. The summed E-state index contributed by atoms with van der Waals surface area (Å²) in [6.45, 7) is 7.10. The van der Waals surface area contributed by atoms with E-state index in [4.69, 9.17) is 9.47 Å². The van der Waals surface area contributed by atoms with Crippen LogP contribution in [-0.4, -0.2) is 49.1 Å². The lowest BCUT2D eigenvalue weighted by Crippen LogP contribution is -2.41. The van der Waals surface area contributed by atoms with Crippen molar-refractivity contribution < 1.29 is 14.3 Å². The number of carbonyl (C=O) groups is 1. The van der Waals surface area contributed by atoms with Gasteiger partial charge in [0.25, 0.3) is 0 Å². The van der Waals surface area contributed by atoms with Gasteiger partial charge in [0, 0.05) is 18.7 Å². The lowest BCUT2D eigenvalue weighted by Gasteiger charge is -2.32. The van der Waals surface area contributed by atoms with Crippen molar-refractivity contribution >= 4 is 5.91 Å². The summed E-state index contributed by atoms with van der Waals surface area (Å²) in [7, 11) is 1.99. The zero-order valence-electron chi connectivity index (χ0n) is 16.4. The van der Waals surface area contributed by atoms with Gasteiger partial charge in [0.15, 0.2) is 11.5 Å². The highest BCUT2D eigenvalue weighted by Crippen LogP contribution is 2.34. The Morgan fingerprint density at radius 2 is 1.74 bits per heavy atom. The minimum atomic E-state index is -0.298. The predicted molar refractivity (Wildman–Crippen MR) is 106 cm³/mol. The molecule has 0 spiro atoms. The molecule has 2 aromatic rings. The van der Waals surface area contributed by atoms with Crippen LogP contribution in [0.2, 0.25) is 0 Å². The van der Waals surface area contributed by atoms with Gasteiger partial charge in [0.2, 0.25) is 5.91 Å². The Balaban J connectivity index is 1.87. The first-order valence-corrected chi connectivity index (χ1v) is 9.57. The van der Waals surface area contributed by atoms with Crippen LogP contribution in [0.5, 0.6) is 11.5 Å². The molecule has 0 fully saturated rings. The van der Waals surface area contributed by atoms with Gasteiger partial charge in [0.1, 0.15) is 19.3 Å². The third-order valence-corrected chi connectivity index (χ3v) is 4.99. The van der Waals surface area contributed by atoms with Crippen LogP contribution in [0.4, 0.5) is 0 Å². The topological polar surface area (TPSA) is 42.0 Å². The fraction of sp³-hybridized carbons (Fsp3) is 0.409. The number of nitrogens with zero attached hydrogens (tertiary/aromatic N) is 2. The van der Waals surface area contributed by atoms with Gasteiger partial charge in [-0.3, -0.25) is 9.69 Å². The fourth-order valence-corrected chi connectivity index (χ4v) is 3.39. The molecule has 2 aromatic carbocycles. The van der Waals surface area contributed by atoms with Crippen LogP contribution in [0.25, 0.3) is 0 Å². The van der Waals surface area contributed by atoms with E-state index in [1.165, 1.54) is 0 Å². The number of fused-ring (bicyclic) bond motifs is 1. The molecule has 0 bridgehead atoms. The van der Waals surface area contributed by atoms with Gasteiger partial charge >= 0.3 is 0 Å². The average Bonchev–Trinajstić information content (AvgIpc) is 2.72. The highest BCUT2D eigenvalue weighted by atomic mass is 16.6. The Bertz CT molecular complexity index is 763. The van der Waals surface area contributed by atoms with Gasteiger partial charge in [-0.1, -0.05) is 49.4 Å². The zero-order valence-corrected chi connectivity index (χ0v) is 16.4. The van der Waals surface area contributed by atoms with Crippen molar-refractivity contribution in [2.75, 3.05) is 33.4 Å². The molecule has 5 heteroatoms. The average molecular weight is 368 g/mol. The standard InChI is InChI=1S/C22H28N2O3/c1-4-23(3)20(17-10-7-6-8-11-17)22(25)24(5-2)16-18-12-9-13-19-21(18)27-15-14-26-19/h6-13,20H,4-5,14-16H2,1-3H3. The fourth-order valence-electron chi connectivity index (χ4n) is 3.39. The SMILES string of the molecule is CCN(Cc1cccc2c1OCCO2)C(=O)C(c1ccccc1)N(C)CC. The second-order valence-electron chi connectivity index (χ2n) is 6.68. The van der Waals surface area contributed by atoms with Crippen molar-refractivity contribution in [3.63, 3.8) is 0 Å². The second kappa shape index (κ2) is 8.91. The number of para-hydroxylation sites is 1. The van der Waals surface area contributed by atoms with Gasteiger partial charge in [-0.2, -0.15) is 0 Å². The quantitative estimate of drug-likeness (QED) is 0.750. The summed E-state index contributed by atoms with van der Waals surface area (Å²) in [4.78, 5) is 17.4. The van der Waals surface area contributed by atoms with Gasteiger partial charge in [-0.15, -0.1) is 0 Å². The molecular weight excluding hydrogens is 340 g/mol. The third kappa shape index (κ3) is 4.25. The summed E-state index contributed by atoms with van der Waals surface area (Å²) < 4.78 is 11.5. The number of likely N-dealkylation sites (N-methyl/N-ethyl adjacent to an activating group) is 2. The number of rotatable bonds is 7. The Hall–Kier alpha value is -2.53. The largest absolute Gasteiger partial charge is 0.486 e. The first-order chi connectivity index (χ1) is 13.2. The molecular formula is C22H28N2O3. The summed E-state index contributed by atoms with van der Waals surface area (Å²) >= 11 is 0. The molecule has 1 unspecified atom stereocenters. The molecule has 1 amide bonds. The van der Waals surface area contributed by atoms with Crippen molar-refractivity contribution in [2.45, 2.75) is 26.4 Å². The number of hydrogen-bond acceptors (Lipinski definition) is 4. The lowest BCUT2D eigenvalue weighted by atomic mass is 10.0. The second-order valence-corrected chi connectivity index (χ2v) is 6.68. The van der Waals surface area contributed by atoms with E-state index >= 15 is 0 Å². The van der Waals surface area contributed by atoms with Gasteiger partial charge in [-0.05, 0) is 32.1 Å². The van der Waals surface area contributed by atoms with Crippen molar-refractivity contribution in [1.29, 1.82) is 0 Å². The molecule has 1 aliphatic rings. The lowest BCUT2D eigenvalue weighted by molar-refractivity contribution is -0.137. The summed E-state index contributed by atoms with van der Waals surface area (Å²) in [6, 6.07) is 15.5. The van der Waals surface area contributed by atoms with Crippen LogP contribution in [0.15, 0.2) is 48.5 Å². The van der Waals surface area contributed by atoms with Gasteiger partial charge in [-0.25, -0.2) is 0 Å². The number of amides is 1. The van der Waals surface area contributed by atoms with E-state index in [0.29, 0.717) is 26.3 Å². The molecule has 144 valence electrons. The molecule has 0 aromatic heterocycles. The van der Waals surface area contributed by atoms with Crippen molar-refractivity contribution in [3.8, 4) is 11.5 Å². The Morgan fingerprint density at radius 3 is 2.44 bits per heavy atom. The number of ether oxygens (including phenoxy) is 2. The molecule has 0 aliphatic carbocycles. The van der Waals surface area contributed by atoms with Crippen LogP contribution in [-0.2, 0) is 11.3 Å². The molecule has 1 atom stereocenters. The third-order valence-electron chi connectivity index (χ3n) is 4.99. The number of hydrogen-bond donors (Lipinski definition) is 0. The maximum absolute atomic E-state index is 13.5. The summed E-state index contributed by atoms with van der Waals surface area (Å²) in [5.74, 6) is 1.62. The van der Waals surface area contributed by atoms with E-state index in [1.54, 1.807) is 0 Å². The molecule has 0 saturated carbocycles. The normalized spacial score (nSPS) is 14.1. The van der Waals surface area contributed by atoms with Crippen LogP contribution < -0.4 is 9.47 Å².